The molecule has 84 valence electrons. The van der Waals surface area contributed by atoms with Crippen LogP contribution in [-0.2, 0) is 17.8 Å². The maximum Gasteiger partial charge on any atom is 0.231 e. The van der Waals surface area contributed by atoms with Crippen LogP contribution in [0.3, 0.4) is 0 Å². The molecule has 0 aliphatic carbocycles. The molecule has 0 radical (unpaired) electrons. The van der Waals surface area contributed by atoms with E-state index in [1.54, 1.807) is 6.20 Å². The zero-order valence-electron chi connectivity index (χ0n) is 8.37. The molecule has 0 aliphatic heterocycles. The molecular formula is C8H13N3O4. The van der Waals surface area contributed by atoms with E-state index in [0.717, 1.165) is 0 Å². The third-order valence-electron chi connectivity index (χ3n) is 1.76. The first-order valence-corrected chi connectivity index (χ1v) is 4.42. The fourth-order valence-corrected chi connectivity index (χ4v) is 1.20. The lowest BCUT2D eigenvalue weighted by atomic mass is 10.3. The summed E-state index contributed by atoms with van der Waals surface area (Å²) < 4.78 is 6.21. The number of rotatable bonds is 6. The van der Waals surface area contributed by atoms with Gasteiger partial charge in [-0.1, -0.05) is 0 Å². The van der Waals surface area contributed by atoms with Gasteiger partial charge in [0.1, 0.15) is 0 Å². The standard InChI is InChI=1S/C8H13N3O4/c1-15-6-8(12)5-10-3-7(2-9-10)4-11(13)14/h2-3,8,12H,4-6H2,1H3/t8-/m1/s1. The SMILES string of the molecule is COC[C@H](O)Cn1cc(C[N+](=O)[O-])cn1. The quantitative estimate of drug-likeness (QED) is 0.518. The van der Waals surface area contributed by atoms with Gasteiger partial charge in [-0.3, -0.25) is 14.8 Å². The van der Waals surface area contributed by atoms with E-state index < -0.39 is 11.0 Å². The molecule has 0 amide bonds. The molecule has 0 aromatic carbocycles. The predicted molar refractivity (Wildman–Crippen MR) is 50.8 cm³/mol. The molecule has 0 aliphatic rings. The first kappa shape index (κ1) is 11.6. The van der Waals surface area contributed by atoms with E-state index >= 15 is 0 Å². The Kier molecular flexibility index (Phi) is 4.19. The van der Waals surface area contributed by atoms with Crippen molar-refractivity contribution in [2.45, 2.75) is 19.2 Å². The van der Waals surface area contributed by atoms with Crippen molar-refractivity contribution in [3.63, 3.8) is 0 Å². The highest BCUT2D eigenvalue weighted by Gasteiger charge is 2.08. The summed E-state index contributed by atoms with van der Waals surface area (Å²) in [5.74, 6) is 0. The van der Waals surface area contributed by atoms with Gasteiger partial charge in [0.25, 0.3) is 0 Å². The smallest absolute Gasteiger partial charge is 0.231 e. The normalized spacial score (nSPS) is 12.7. The molecule has 1 aromatic heterocycles. The number of aromatic nitrogens is 2. The first-order valence-electron chi connectivity index (χ1n) is 4.42. The molecule has 0 fully saturated rings. The van der Waals surface area contributed by atoms with Gasteiger partial charge in [-0.2, -0.15) is 5.10 Å². The van der Waals surface area contributed by atoms with Crippen molar-refractivity contribution in [1.29, 1.82) is 0 Å². The number of aliphatic hydroxyl groups excluding tert-OH is 1. The number of hydrogen-bond donors (Lipinski definition) is 1. The molecule has 0 bridgehead atoms. The summed E-state index contributed by atoms with van der Waals surface area (Å²) in [4.78, 5) is 9.78. The van der Waals surface area contributed by atoms with Crippen LogP contribution in [0.4, 0.5) is 0 Å². The second-order valence-electron chi connectivity index (χ2n) is 3.17. The summed E-state index contributed by atoms with van der Waals surface area (Å²) in [7, 11) is 1.49. The molecule has 0 spiro atoms. The van der Waals surface area contributed by atoms with Crippen LogP contribution in [0.2, 0.25) is 0 Å². The van der Waals surface area contributed by atoms with Crippen molar-refractivity contribution in [3.8, 4) is 0 Å². The molecule has 0 saturated heterocycles. The number of aliphatic hydroxyl groups is 1. The summed E-state index contributed by atoms with van der Waals surface area (Å²) in [6, 6.07) is 0. The third-order valence-corrected chi connectivity index (χ3v) is 1.76. The second kappa shape index (κ2) is 5.42. The van der Waals surface area contributed by atoms with Crippen molar-refractivity contribution in [2.75, 3.05) is 13.7 Å². The van der Waals surface area contributed by atoms with E-state index in [9.17, 15) is 15.2 Å². The van der Waals surface area contributed by atoms with E-state index in [1.165, 1.54) is 18.0 Å². The number of hydrogen-bond acceptors (Lipinski definition) is 5. The lowest BCUT2D eigenvalue weighted by molar-refractivity contribution is -0.496. The van der Waals surface area contributed by atoms with Crippen LogP contribution >= 0.6 is 0 Å². The monoisotopic (exact) mass is 215 g/mol. The number of nitro groups is 1. The van der Waals surface area contributed by atoms with Crippen LogP contribution in [0, 0.1) is 10.1 Å². The molecule has 0 unspecified atom stereocenters. The fourth-order valence-electron chi connectivity index (χ4n) is 1.20. The largest absolute Gasteiger partial charge is 0.389 e. The topological polar surface area (TPSA) is 90.4 Å². The molecule has 1 heterocycles. The highest BCUT2D eigenvalue weighted by molar-refractivity contribution is 5.01. The van der Waals surface area contributed by atoms with E-state index in [0.29, 0.717) is 5.56 Å². The molecule has 15 heavy (non-hydrogen) atoms. The zero-order chi connectivity index (χ0) is 11.3. The average molecular weight is 215 g/mol. The van der Waals surface area contributed by atoms with Gasteiger partial charge in [0.05, 0.1) is 31.0 Å². The summed E-state index contributed by atoms with van der Waals surface area (Å²) in [5.41, 5.74) is 0.518. The maximum atomic E-state index is 10.2. The summed E-state index contributed by atoms with van der Waals surface area (Å²) in [5, 5.41) is 23.5. The minimum absolute atomic E-state index is 0.213. The van der Waals surface area contributed by atoms with Gasteiger partial charge in [-0.15, -0.1) is 0 Å². The van der Waals surface area contributed by atoms with Gasteiger partial charge < -0.3 is 9.84 Å². The second-order valence-corrected chi connectivity index (χ2v) is 3.17. The lowest BCUT2D eigenvalue weighted by Crippen LogP contribution is -2.21. The molecule has 7 nitrogen and oxygen atoms in total. The van der Waals surface area contributed by atoms with Crippen molar-refractivity contribution in [3.05, 3.63) is 28.1 Å². The highest BCUT2D eigenvalue weighted by Crippen LogP contribution is 2.00. The molecule has 1 N–H and O–H groups in total. The van der Waals surface area contributed by atoms with Crippen molar-refractivity contribution < 1.29 is 14.8 Å². The zero-order valence-corrected chi connectivity index (χ0v) is 8.37. The Bertz CT molecular complexity index is 325. The van der Waals surface area contributed by atoms with Gasteiger partial charge in [-0.25, -0.2) is 0 Å². The van der Waals surface area contributed by atoms with Crippen LogP contribution in [0.15, 0.2) is 12.4 Å². The van der Waals surface area contributed by atoms with Gasteiger partial charge in [0.15, 0.2) is 0 Å². The van der Waals surface area contributed by atoms with Crippen LogP contribution < -0.4 is 0 Å². The summed E-state index contributed by atoms with van der Waals surface area (Å²) in [6.45, 7) is 0.232. The third kappa shape index (κ3) is 4.05. The van der Waals surface area contributed by atoms with Gasteiger partial charge >= 0.3 is 0 Å². The summed E-state index contributed by atoms with van der Waals surface area (Å²) in [6.07, 6.45) is 2.31. The van der Waals surface area contributed by atoms with Gasteiger partial charge in [0, 0.05) is 18.2 Å². The molecule has 1 rings (SSSR count). The Morgan fingerprint density at radius 3 is 3.13 bits per heavy atom. The Balaban J connectivity index is 2.48. The first-order chi connectivity index (χ1) is 7.11. The van der Waals surface area contributed by atoms with Crippen molar-refractivity contribution >= 4 is 0 Å². The molecule has 1 atom stereocenters. The average Bonchev–Trinajstić information content (AvgIpc) is 2.51. The van der Waals surface area contributed by atoms with Gasteiger partial charge in [0.2, 0.25) is 6.54 Å². The van der Waals surface area contributed by atoms with Crippen LogP contribution in [0.25, 0.3) is 0 Å². The predicted octanol–water partition coefficient (Wildman–Crippen LogP) is -0.333. The number of ether oxygens (including phenoxy) is 1. The number of methoxy groups -OCH3 is 1. The molecule has 1 aromatic rings. The van der Waals surface area contributed by atoms with Crippen LogP contribution in [0.1, 0.15) is 5.56 Å². The summed E-state index contributed by atoms with van der Waals surface area (Å²) >= 11 is 0. The molecule has 0 saturated carbocycles. The van der Waals surface area contributed by atoms with E-state index in [2.05, 4.69) is 5.10 Å². The van der Waals surface area contributed by atoms with Crippen molar-refractivity contribution in [1.82, 2.24) is 9.78 Å². The number of nitrogens with zero attached hydrogens (tertiary/aromatic N) is 3. The van der Waals surface area contributed by atoms with Crippen LogP contribution in [-0.4, -0.2) is 39.6 Å². The molecular weight excluding hydrogens is 202 g/mol. The lowest BCUT2D eigenvalue weighted by Gasteiger charge is -2.08. The van der Waals surface area contributed by atoms with E-state index in [1.807, 2.05) is 0 Å². The maximum absolute atomic E-state index is 10.2. The Morgan fingerprint density at radius 1 is 1.80 bits per heavy atom. The van der Waals surface area contributed by atoms with Gasteiger partial charge in [-0.05, 0) is 0 Å². The Labute approximate surface area is 86.4 Å². The minimum Gasteiger partial charge on any atom is -0.389 e. The van der Waals surface area contributed by atoms with E-state index in [4.69, 9.17) is 4.74 Å². The highest BCUT2D eigenvalue weighted by atomic mass is 16.6. The molecule has 7 heteroatoms. The Morgan fingerprint density at radius 2 is 2.53 bits per heavy atom. The fraction of sp³-hybridized carbons (Fsp3) is 0.625. The van der Waals surface area contributed by atoms with Crippen LogP contribution in [0.5, 0.6) is 0 Å². The van der Waals surface area contributed by atoms with Crippen molar-refractivity contribution in [2.24, 2.45) is 0 Å². The Hall–Kier alpha value is -1.47. The minimum atomic E-state index is -0.654. The van der Waals surface area contributed by atoms with E-state index in [-0.39, 0.29) is 19.7 Å².